The fraction of sp³-hybridized carbons (Fsp3) is 0.333. The second-order valence-electron chi connectivity index (χ2n) is 7.52. The number of methoxy groups -OCH3 is 2. The quantitative estimate of drug-likeness (QED) is 0.614. The molecule has 2 aromatic carbocycles. The average molecular weight is 424 g/mol. The van der Waals surface area contributed by atoms with Crippen molar-refractivity contribution in [2.75, 3.05) is 32.7 Å². The van der Waals surface area contributed by atoms with Gasteiger partial charge in [-0.05, 0) is 54.8 Å². The first kappa shape index (κ1) is 22.2. The molecule has 0 saturated carbocycles. The minimum atomic E-state index is -0.350. The van der Waals surface area contributed by atoms with E-state index >= 15 is 0 Å². The van der Waals surface area contributed by atoms with Crippen LogP contribution in [0, 0.1) is 5.92 Å². The molecule has 2 amide bonds. The molecule has 0 atom stereocenters. The van der Waals surface area contributed by atoms with Crippen molar-refractivity contribution in [3.63, 3.8) is 0 Å². The first-order valence-corrected chi connectivity index (χ1v) is 10.2. The standard InChI is InChI=1S/C24H28N2O5/c1-6-31-18-10-8-17(9-11-18)25-22-21(23(27)26(24(22)28)14-15(2)3)16-7-12-19(29-4)20(13-16)30-5/h7-13,15,25H,6,14H2,1-5H3. The molecule has 0 bridgehead atoms. The number of amides is 2. The molecular formula is C24H28N2O5. The van der Waals surface area contributed by atoms with Crippen LogP contribution in [-0.2, 0) is 9.59 Å². The maximum absolute atomic E-state index is 13.3. The fourth-order valence-electron chi connectivity index (χ4n) is 3.43. The smallest absolute Gasteiger partial charge is 0.278 e. The Morgan fingerprint density at radius 3 is 2.19 bits per heavy atom. The molecule has 1 heterocycles. The van der Waals surface area contributed by atoms with Gasteiger partial charge in [0.1, 0.15) is 11.4 Å². The summed E-state index contributed by atoms with van der Waals surface area (Å²) in [5.74, 6) is 1.22. The van der Waals surface area contributed by atoms with Crippen molar-refractivity contribution in [3.8, 4) is 17.2 Å². The molecule has 0 fully saturated rings. The lowest BCUT2D eigenvalue weighted by Gasteiger charge is -2.17. The third-order valence-electron chi connectivity index (χ3n) is 4.82. The highest BCUT2D eigenvalue weighted by Crippen LogP contribution is 2.36. The Kier molecular flexibility index (Phi) is 6.84. The van der Waals surface area contributed by atoms with Gasteiger partial charge in [-0.3, -0.25) is 14.5 Å². The molecule has 0 radical (unpaired) electrons. The molecular weight excluding hydrogens is 396 g/mol. The van der Waals surface area contributed by atoms with Crippen molar-refractivity contribution in [2.24, 2.45) is 5.92 Å². The number of imide groups is 1. The summed E-state index contributed by atoms with van der Waals surface area (Å²) in [5, 5.41) is 3.15. The van der Waals surface area contributed by atoms with Crippen LogP contribution in [0.5, 0.6) is 17.2 Å². The molecule has 0 spiro atoms. The monoisotopic (exact) mass is 424 g/mol. The molecule has 7 nitrogen and oxygen atoms in total. The number of nitrogens with one attached hydrogen (secondary N) is 1. The zero-order valence-electron chi connectivity index (χ0n) is 18.5. The Hall–Kier alpha value is -3.48. The lowest BCUT2D eigenvalue weighted by molar-refractivity contribution is -0.137. The van der Waals surface area contributed by atoms with E-state index < -0.39 is 0 Å². The average Bonchev–Trinajstić information content (AvgIpc) is 2.98. The number of benzene rings is 2. The number of ether oxygens (including phenoxy) is 3. The van der Waals surface area contributed by atoms with E-state index in [0.717, 1.165) is 5.75 Å². The molecule has 164 valence electrons. The van der Waals surface area contributed by atoms with Crippen LogP contribution in [0.1, 0.15) is 26.3 Å². The number of carbonyl (C=O) groups is 2. The number of hydrogen-bond donors (Lipinski definition) is 1. The van der Waals surface area contributed by atoms with Crippen LogP contribution < -0.4 is 19.5 Å². The van der Waals surface area contributed by atoms with Crippen molar-refractivity contribution in [3.05, 3.63) is 53.7 Å². The summed E-state index contributed by atoms with van der Waals surface area (Å²) in [4.78, 5) is 27.7. The minimum absolute atomic E-state index is 0.143. The van der Waals surface area contributed by atoms with Gasteiger partial charge >= 0.3 is 0 Å². The zero-order chi connectivity index (χ0) is 22.5. The van der Waals surface area contributed by atoms with E-state index in [4.69, 9.17) is 14.2 Å². The van der Waals surface area contributed by atoms with Crippen molar-refractivity contribution < 1.29 is 23.8 Å². The van der Waals surface area contributed by atoms with Crippen LogP contribution in [0.15, 0.2) is 48.2 Å². The van der Waals surface area contributed by atoms with Gasteiger partial charge in [-0.2, -0.15) is 0 Å². The lowest BCUT2D eigenvalue weighted by Crippen LogP contribution is -2.35. The second-order valence-corrected chi connectivity index (χ2v) is 7.52. The van der Waals surface area contributed by atoms with Gasteiger partial charge in [0.25, 0.3) is 11.8 Å². The molecule has 1 N–H and O–H groups in total. The van der Waals surface area contributed by atoms with Crippen LogP contribution in [0.2, 0.25) is 0 Å². The van der Waals surface area contributed by atoms with Crippen molar-refractivity contribution in [1.29, 1.82) is 0 Å². The van der Waals surface area contributed by atoms with E-state index in [2.05, 4.69) is 5.32 Å². The van der Waals surface area contributed by atoms with Crippen molar-refractivity contribution >= 4 is 23.1 Å². The van der Waals surface area contributed by atoms with E-state index in [-0.39, 0.29) is 23.4 Å². The van der Waals surface area contributed by atoms with Gasteiger partial charge < -0.3 is 19.5 Å². The molecule has 0 unspecified atom stereocenters. The molecule has 0 saturated heterocycles. The molecule has 0 aromatic heterocycles. The fourth-order valence-corrected chi connectivity index (χ4v) is 3.43. The first-order chi connectivity index (χ1) is 14.9. The predicted molar refractivity (Wildman–Crippen MR) is 119 cm³/mol. The highest BCUT2D eigenvalue weighted by atomic mass is 16.5. The molecule has 0 aliphatic carbocycles. The summed E-state index contributed by atoms with van der Waals surface area (Å²) >= 11 is 0. The van der Waals surface area contributed by atoms with Crippen LogP contribution in [0.25, 0.3) is 5.57 Å². The van der Waals surface area contributed by atoms with Crippen LogP contribution in [0.3, 0.4) is 0 Å². The third-order valence-corrected chi connectivity index (χ3v) is 4.82. The third kappa shape index (κ3) is 4.66. The van der Waals surface area contributed by atoms with Crippen molar-refractivity contribution in [2.45, 2.75) is 20.8 Å². The number of anilines is 1. The SMILES string of the molecule is CCOc1ccc(NC2=C(c3ccc(OC)c(OC)c3)C(=O)N(CC(C)C)C2=O)cc1. The van der Waals surface area contributed by atoms with E-state index in [1.807, 2.05) is 45.0 Å². The van der Waals surface area contributed by atoms with Gasteiger partial charge in [0, 0.05) is 12.2 Å². The van der Waals surface area contributed by atoms with Crippen LogP contribution in [-0.4, -0.2) is 44.1 Å². The summed E-state index contributed by atoms with van der Waals surface area (Å²) < 4.78 is 16.2. The lowest BCUT2D eigenvalue weighted by atomic mass is 10.0. The summed E-state index contributed by atoms with van der Waals surface area (Å²) in [7, 11) is 3.08. The summed E-state index contributed by atoms with van der Waals surface area (Å²) in [6, 6.07) is 12.4. The van der Waals surface area contributed by atoms with Gasteiger partial charge in [0.2, 0.25) is 0 Å². The Morgan fingerprint density at radius 1 is 0.935 bits per heavy atom. The Bertz CT molecular complexity index is 996. The number of rotatable bonds is 9. The largest absolute Gasteiger partial charge is 0.494 e. The second kappa shape index (κ2) is 9.55. The van der Waals surface area contributed by atoms with Gasteiger partial charge in [-0.1, -0.05) is 19.9 Å². The molecule has 31 heavy (non-hydrogen) atoms. The zero-order valence-corrected chi connectivity index (χ0v) is 18.5. The first-order valence-electron chi connectivity index (χ1n) is 10.2. The van der Waals surface area contributed by atoms with Gasteiger partial charge in [-0.15, -0.1) is 0 Å². The summed E-state index contributed by atoms with van der Waals surface area (Å²) in [6.07, 6.45) is 0. The molecule has 1 aliphatic heterocycles. The number of nitrogens with zero attached hydrogens (tertiary/aromatic N) is 1. The molecule has 2 aromatic rings. The van der Waals surface area contributed by atoms with Gasteiger partial charge in [0.15, 0.2) is 11.5 Å². The Labute approximate surface area is 182 Å². The maximum Gasteiger partial charge on any atom is 0.278 e. The van der Waals surface area contributed by atoms with Crippen molar-refractivity contribution in [1.82, 2.24) is 4.90 Å². The molecule has 3 rings (SSSR count). The van der Waals surface area contributed by atoms with E-state index in [0.29, 0.717) is 41.5 Å². The number of hydrogen-bond acceptors (Lipinski definition) is 6. The van der Waals surface area contributed by atoms with E-state index in [9.17, 15) is 9.59 Å². The summed E-state index contributed by atoms with van der Waals surface area (Å²) in [5.41, 5.74) is 1.81. The predicted octanol–water partition coefficient (Wildman–Crippen LogP) is 3.95. The maximum atomic E-state index is 13.3. The minimum Gasteiger partial charge on any atom is -0.494 e. The Balaban J connectivity index is 2.05. The highest BCUT2D eigenvalue weighted by molar-refractivity contribution is 6.36. The van der Waals surface area contributed by atoms with Gasteiger partial charge in [-0.25, -0.2) is 0 Å². The van der Waals surface area contributed by atoms with Crippen LogP contribution in [0.4, 0.5) is 5.69 Å². The van der Waals surface area contributed by atoms with Crippen LogP contribution >= 0.6 is 0 Å². The Morgan fingerprint density at radius 2 is 1.61 bits per heavy atom. The normalized spacial score (nSPS) is 13.8. The molecule has 1 aliphatic rings. The molecule has 7 heteroatoms. The topological polar surface area (TPSA) is 77.1 Å². The van der Waals surface area contributed by atoms with E-state index in [1.165, 1.54) is 12.0 Å². The van der Waals surface area contributed by atoms with Gasteiger partial charge in [0.05, 0.1) is 26.4 Å². The number of carbonyl (C=O) groups excluding carboxylic acids is 2. The highest BCUT2D eigenvalue weighted by Gasteiger charge is 2.39. The van der Waals surface area contributed by atoms with E-state index in [1.54, 1.807) is 25.3 Å². The summed E-state index contributed by atoms with van der Waals surface area (Å²) in [6.45, 7) is 6.75.